The van der Waals surface area contributed by atoms with E-state index in [1.807, 2.05) is 0 Å². The van der Waals surface area contributed by atoms with Crippen molar-refractivity contribution in [2.45, 2.75) is 28.3 Å². The fourth-order valence-electron chi connectivity index (χ4n) is 1.53. The third-order valence-electron chi connectivity index (χ3n) is 2.58. The van der Waals surface area contributed by atoms with Gasteiger partial charge < -0.3 is 0 Å². The average Bonchev–Trinajstić information content (AvgIpc) is 2.27. The Hall–Kier alpha value is 2.00. The number of carbonyl (C=O) groups is 1. The van der Waals surface area contributed by atoms with Gasteiger partial charge in [0.15, 0.2) is 0 Å². The molecule has 0 aliphatic carbocycles. The summed E-state index contributed by atoms with van der Waals surface area (Å²) >= 11 is 6.33. The molecule has 0 aliphatic heterocycles. The average molecular weight is 722 g/mol. The molecule has 19 heavy (non-hydrogen) atoms. The number of benzene rings is 1. The van der Waals surface area contributed by atoms with E-state index in [-0.39, 0.29) is 15.8 Å². The van der Waals surface area contributed by atoms with E-state index in [4.69, 9.17) is 0 Å². The van der Waals surface area contributed by atoms with Crippen molar-refractivity contribution in [1.82, 2.24) is 0 Å². The third-order valence-corrected chi connectivity index (χ3v) is 19.7. The standard InChI is InChI=1S/C12H15As2I3O2/c1-6(12(18)19)9-7(15)4-8(16)10(11(9)17)13-5-14(2)3/h4,6,13H,5H2,1-3H3,(H,18,19). The molecule has 2 unspecified atom stereocenters. The molecule has 0 saturated heterocycles. The van der Waals surface area contributed by atoms with Gasteiger partial charge in [-0.2, -0.15) is 0 Å². The maximum atomic E-state index is 11.3. The molecule has 2 nitrogen and oxygen atoms in total. The van der Waals surface area contributed by atoms with Crippen molar-refractivity contribution in [2.75, 3.05) is 0 Å². The second-order valence-electron chi connectivity index (χ2n) is 4.42. The van der Waals surface area contributed by atoms with Crippen molar-refractivity contribution in [1.29, 1.82) is 0 Å². The minimum absolute atomic E-state index is 0.123. The van der Waals surface area contributed by atoms with Gasteiger partial charge in [-0.25, -0.2) is 0 Å². The Kier molecular flexibility index (Phi) is 8.60. The summed E-state index contributed by atoms with van der Waals surface area (Å²) in [4.78, 5) is 11.3. The summed E-state index contributed by atoms with van der Waals surface area (Å²) in [6.45, 7) is 1.79. The number of carboxylic acid groups (broad SMARTS) is 1. The maximum absolute atomic E-state index is 11.3. The molecule has 0 bridgehead atoms. The molecule has 0 spiro atoms. The molecule has 0 radical (unpaired) electrons. The number of hydrogen-bond acceptors (Lipinski definition) is 1. The molecule has 1 aromatic carbocycles. The SMILES string of the molecule is CC(C(=O)O)c1c(I)cc(I)c([AsH]C[As](C)C)c1I. The molecular formula is C12H15As2I3O2. The number of rotatable bonds is 5. The molecule has 1 N–H and O–H groups in total. The molecule has 1 rings (SSSR count). The minimum atomic E-state index is -0.735. The molecule has 1 aromatic rings. The van der Waals surface area contributed by atoms with Crippen molar-refractivity contribution in [3.05, 3.63) is 22.3 Å². The quantitative estimate of drug-likeness (QED) is 0.374. The van der Waals surface area contributed by atoms with Gasteiger partial charge >= 0.3 is 169 Å². The first kappa shape index (κ1) is 19.0. The van der Waals surface area contributed by atoms with Crippen molar-refractivity contribution >= 4 is 108 Å². The molecule has 0 fully saturated rings. The van der Waals surface area contributed by atoms with Gasteiger partial charge in [-0.05, 0) is 0 Å². The molecule has 0 heterocycles. The van der Waals surface area contributed by atoms with E-state index < -0.39 is 26.5 Å². The van der Waals surface area contributed by atoms with E-state index in [9.17, 15) is 9.90 Å². The number of halogens is 3. The summed E-state index contributed by atoms with van der Waals surface area (Å²) < 4.78 is 6.48. The van der Waals surface area contributed by atoms with Crippen LogP contribution in [0.2, 0.25) is 15.4 Å². The topological polar surface area (TPSA) is 37.3 Å². The zero-order valence-corrected chi connectivity index (χ0v) is 21.2. The second-order valence-corrected chi connectivity index (χ2v) is 18.3. The van der Waals surface area contributed by atoms with Crippen LogP contribution in [0.3, 0.4) is 0 Å². The first-order chi connectivity index (χ1) is 8.75. The van der Waals surface area contributed by atoms with Crippen LogP contribution in [-0.4, -0.2) is 41.5 Å². The predicted octanol–water partition coefficient (Wildman–Crippen LogP) is 3.46. The number of carboxylic acids is 1. The van der Waals surface area contributed by atoms with E-state index in [0.717, 1.165) is 9.13 Å². The molecule has 0 amide bonds. The van der Waals surface area contributed by atoms with Gasteiger partial charge in [-0.1, -0.05) is 0 Å². The molecule has 7 heteroatoms. The Morgan fingerprint density at radius 3 is 2.42 bits per heavy atom. The molecular weight excluding hydrogens is 707 g/mol. The monoisotopic (exact) mass is 722 g/mol. The Balaban J connectivity index is 3.26. The van der Waals surface area contributed by atoms with Gasteiger partial charge in [0.1, 0.15) is 0 Å². The second kappa shape index (κ2) is 8.58. The first-order valence-electron chi connectivity index (χ1n) is 5.54. The zero-order valence-electron chi connectivity index (χ0n) is 10.8. The van der Waals surface area contributed by atoms with Gasteiger partial charge in [-0.15, -0.1) is 0 Å². The Morgan fingerprint density at radius 2 is 1.95 bits per heavy atom. The van der Waals surface area contributed by atoms with Crippen LogP contribution in [0.25, 0.3) is 0 Å². The van der Waals surface area contributed by atoms with Gasteiger partial charge in [0.05, 0.1) is 0 Å². The third kappa shape index (κ3) is 5.29. The summed E-state index contributed by atoms with van der Waals surface area (Å²) in [5, 5.41) is 9.27. The molecule has 2 atom stereocenters. The van der Waals surface area contributed by atoms with Gasteiger partial charge in [0.25, 0.3) is 0 Å². The Bertz CT molecular complexity index is 492. The molecule has 106 valence electrons. The Labute approximate surface area is 166 Å². The van der Waals surface area contributed by atoms with Crippen LogP contribution < -0.4 is 4.35 Å². The van der Waals surface area contributed by atoms with Crippen LogP contribution in [-0.2, 0) is 4.79 Å². The molecule has 0 aliphatic rings. The summed E-state index contributed by atoms with van der Waals surface area (Å²) in [5.74, 6) is -1.15. The summed E-state index contributed by atoms with van der Waals surface area (Å²) in [5.41, 5.74) is 5.80. The number of hydrogen-bond donors (Lipinski definition) is 1. The van der Waals surface area contributed by atoms with Crippen LogP contribution in [0.1, 0.15) is 18.4 Å². The van der Waals surface area contributed by atoms with Crippen LogP contribution in [0.15, 0.2) is 6.07 Å². The fourth-order valence-corrected chi connectivity index (χ4v) is 15.1. The van der Waals surface area contributed by atoms with E-state index in [0.29, 0.717) is 0 Å². The van der Waals surface area contributed by atoms with E-state index in [1.54, 1.807) is 6.92 Å². The number of aliphatic carboxylic acids is 1. The van der Waals surface area contributed by atoms with Gasteiger partial charge in [0.2, 0.25) is 0 Å². The Morgan fingerprint density at radius 1 is 1.37 bits per heavy atom. The van der Waals surface area contributed by atoms with Crippen LogP contribution >= 0.6 is 67.8 Å². The van der Waals surface area contributed by atoms with Gasteiger partial charge in [-0.3, -0.25) is 0 Å². The van der Waals surface area contributed by atoms with E-state index in [1.165, 1.54) is 15.5 Å². The normalized spacial score (nSPS) is 13.4. The zero-order chi connectivity index (χ0) is 14.7. The molecule has 0 aromatic heterocycles. The van der Waals surface area contributed by atoms with Gasteiger partial charge in [0, 0.05) is 0 Å². The molecule has 0 saturated carbocycles. The van der Waals surface area contributed by atoms with Crippen molar-refractivity contribution < 1.29 is 9.90 Å². The first-order valence-corrected chi connectivity index (χ1v) is 16.4. The fraction of sp³-hybridized carbons (Fsp3) is 0.417. The van der Waals surface area contributed by atoms with Crippen molar-refractivity contribution in [3.8, 4) is 0 Å². The van der Waals surface area contributed by atoms with Crippen LogP contribution in [0.4, 0.5) is 0 Å². The van der Waals surface area contributed by atoms with Crippen molar-refractivity contribution in [3.63, 3.8) is 0 Å². The van der Waals surface area contributed by atoms with E-state index >= 15 is 0 Å². The van der Waals surface area contributed by atoms with E-state index in [2.05, 4.69) is 85.3 Å². The van der Waals surface area contributed by atoms with Crippen LogP contribution in [0, 0.1) is 10.7 Å². The summed E-state index contributed by atoms with van der Waals surface area (Å²) in [6, 6.07) is 2.15. The summed E-state index contributed by atoms with van der Waals surface area (Å²) in [6.07, 6.45) is 0. The van der Waals surface area contributed by atoms with Crippen molar-refractivity contribution in [2.24, 2.45) is 0 Å². The summed E-state index contributed by atoms with van der Waals surface area (Å²) in [7, 11) is 0. The predicted molar refractivity (Wildman–Crippen MR) is 110 cm³/mol. The van der Waals surface area contributed by atoms with Crippen LogP contribution in [0.5, 0.6) is 0 Å².